The topological polar surface area (TPSA) is 67.1 Å². The number of anilines is 2. The second-order valence-electron chi connectivity index (χ2n) is 5.36. The summed E-state index contributed by atoms with van der Waals surface area (Å²) in [6, 6.07) is 2.00. The lowest BCUT2D eigenvalue weighted by molar-refractivity contribution is 0.361. The lowest BCUT2D eigenvalue weighted by Gasteiger charge is -2.27. The minimum Gasteiger partial charge on any atom is -0.369 e. The van der Waals surface area contributed by atoms with Gasteiger partial charge in [-0.1, -0.05) is 19.3 Å². The highest BCUT2D eigenvalue weighted by atomic mass is 15.2. The van der Waals surface area contributed by atoms with Crippen molar-refractivity contribution < 1.29 is 0 Å². The predicted octanol–water partition coefficient (Wildman–Crippen LogP) is 1.86. The molecule has 0 atom stereocenters. The average molecular weight is 263 g/mol. The van der Waals surface area contributed by atoms with Gasteiger partial charge < -0.3 is 16.0 Å². The van der Waals surface area contributed by atoms with E-state index < -0.39 is 0 Å². The molecule has 2 rings (SSSR count). The first-order valence-corrected chi connectivity index (χ1v) is 7.26. The van der Waals surface area contributed by atoms with Crippen LogP contribution in [0.4, 0.5) is 11.6 Å². The molecule has 0 bridgehead atoms. The molecule has 1 aromatic heterocycles. The van der Waals surface area contributed by atoms with Gasteiger partial charge in [0.25, 0.3) is 0 Å². The molecule has 1 aromatic rings. The summed E-state index contributed by atoms with van der Waals surface area (Å²) in [7, 11) is 2.11. The summed E-state index contributed by atoms with van der Waals surface area (Å²) < 4.78 is 0. The van der Waals surface area contributed by atoms with Gasteiger partial charge in [-0.05, 0) is 18.8 Å². The van der Waals surface area contributed by atoms with E-state index in [0.717, 1.165) is 30.6 Å². The number of hydrogen-bond donors (Lipinski definition) is 2. The van der Waals surface area contributed by atoms with Gasteiger partial charge in [0, 0.05) is 32.7 Å². The Balaban J connectivity index is 1.91. The number of nitrogens with zero attached hydrogens (tertiary/aromatic N) is 3. The third-order valence-electron chi connectivity index (χ3n) is 3.75. The van der Waals surface area contributed by atoms with E-state index in [1.54, 1.807) is 6.33 Å². The molecule has 5 heteroatoms. The molecule has 106 valence electrons. The summed E-state index contributed by atoms with van der Waals surface area (Å²) in [5.74, 6) is 2.65. The van der Waals surface area contributed by atoms with E-state index in [4.69, 9.17) is 5.73 Å². The minimum absolute atomic E-state index is 0.608. The second kappa shape index (κ2) is 7.28. The highest BCUT2D eigenvalue weighted by Crippen LogP contribution is 2.25. The summed E-state index contributed by atoms with van der Waals surface area (Å²) >= 11 is 0. The Labute approximate surface area is 115 Å². The van der Waals surface area contributed by atoms with Crippen LogP contribution in [0.5, 0.6) is 0 Å². The van der Waals surface area contributed by atoms with Crippen molar-refractivity contribution in [2.45, 2.75) is 32.1 Å². The van der Waals surface area contributed by atoms with E-state index in [1.165, 1.54) is 32.1 Å². The molecule has 5 nitrogen and oxygen atoms in total. The summed E-state index contributed by atoms with van der Waals surface area (Å²) in [6.45, 7) is 2.44. The molecule has 1 aliphatic rings. The number of nitrogens with two attached hydrogens (primary N) is 1. The lowest BCUT2D eigenvalue weighted by Crippen LogP contribution is -2.27. The molecule has 0 aromatic carbocycles. The van der Waals surface area contributed by atoms with E-state index in [9.17, 15) is 0 Å². The van der Waals surface area contributed by atoms with Gasteiger partial charge in [0.2, 0.25) is 0 Å². The van der Waals surface area contributed by atoms with Gasteiger partial charge in [-0.25, -0.2) is 9.97 Å². The van der Waals surface area contributed by atoms with Crippen LogP contribution in [-0.2, 0) is 0 Å². The van der Waals surface area contributed by atoms with Crippen LogP contribution in [0.1, 0.15) is 32.1 Å². The smallest absolute Gasteiger partial charge is 0.133 e. The van der Waals surface area contributed by atoms with Crippen LogP contribution in [0.2, 0.25) is 0 Å². The van der Waals surface area contributed by atoms with Crippen molar-refractivity contribution in [3.63, 3.8) is 0 Å². The first-order chi connectivity index (χ1) is 9.29. The zero-order valence-electron chi connectivity index (χ0n) is 11.8. The van der Waals surface area contributed by atoms with Gasteiger partial charge in [-0.15, -0.1) is 0 Å². The van der Waals surface area contributed by atoms with Crippen molar-refractivity contribution in [1.29, 1.82) is 0 Å². The van der Waals surface area contributed by atoms with Gasteiger partial charge in [0.1, 0.15) is 18.0 Å². The monoisotopic (exact) mass is 263 g/mol. The summed E-state index contributed by atoms with van der Waals surface area (Å²) in [4.78, 5) is 10.8. The normalized spacial score (nSPS) is 16.3. The molecule has 0 spiro atoms. The van der Waals surface area contributed by atoms with Crippen LogP contribution < -0.4 is 16.0 Å². The number of hydrogen-bond acceptors (Lipinski definition) is 5. The summed E-state index contributed by atoms with van der Waals surface area (Å²) in [5, 5.41) is 3.19. The van der Waals surface area contributed by atoms with Crippen LogP contribution in [-0.4, -0.2) is 36.6 Å². The molecular formula is C14H25N5. The molecule has 0 radical (unpaired) electrons. The van der Waals surface area contributed by atoms with Crippen LogP contribution in [0, 0.1) is 5.92 Å². The maximum Gasteiger partial charge on any atom is 0.133 e. The number of rotatable bonds is 6. The third kappa shape index (κ3) is 4.35. The van der Waals surface area contributed by atoms with Crippen LogP contribution in [0.3, 0.4) is 0 Å². The fourth-order valence-electron chi connectivity index (χ4n) is 2.70. The second-order valence-corrected chi connectivity index (χ2v) is 5.36. The van der Waals surface area contributed by atoms with E-state index in [0.29, 0.717) is 6.54 Å². The minimum atomic E-state index is 0.608. The first kappa shape index (κ1) is 14.1. The zero-order valence-corrected chi connectivity index (χ0v) is 11.8. The quantitative estimate of drug-likeness (QED) is 0.820. The lowest BCUT2D eigenvalue weighted by atomic mass is 9.89. The van der Waals surface area contributed by atoms with E-state index >= 15 is 0 Å². The largest absolute Gasteiger partial charge is 0.369 e. The molecule has 1 aliphatic carbocycles. The Kier molecular flexibility index (Phi) is 5.39. The first-order valence-electron chi connectivity index (χ1n) is 7.26. The van der Waals surface area contributed by atoms with E-state index in [1.807, 2.05) is 6.07 Å². The molecule has 0 aliphatic heterocycles. The Morgan fingerprint density at radius 2 is 2.11 bits per heavy atom. The van der Waals surface area contributed by atoms with E-state index in [2.05, 4.69) is 27.2 Å². The predicted molar refractivity (Wildman–Crippen MR) is 79.4 cm³/mol. The van der Waals surface area contributed by atoms with Gasteiger partial charge >= 0.3 is 0 Å². The molecule has 1 saturated carbocycles. The molecule has 1 fully saturated rings. The van der Waals surface area contributed by atoms with Crippen LogP contribution >= 0.6 is 0 Å². The maximum atomic E-state index is 5.48. The number of nitrogens with one attached hydrogen (secondary N) is 1. The van der Waals surface area contributed by atoms with E-state index in [-0.39, 0.29) is 0 Å². The van der Waals surface area contributed by atoms with Crippen molar-refractivity contribution in [2.75, 3.05) is 36.9 Å². The maximum absolute atomic E-state index is 5.48. The van der Waals surface area contributed by atoms with Crippen molar-refractivity contribution >= 4 is 11.6 Å². The molecule has 0 unspecified atom stereocenters. The highest BCUT2D eigenvalue weighted by Gasteiger charge is 2.16. The highest BCUT2D eigenvalue weighted by molar-refractivity contribution is 5.47. The van der Waals surface area contributed by atoms with Crippen molar-refractivity contribution in [2.24, 2.45) is 11.7 Å². The van der Waals surface area contributed by atoms with Crippen LogP contribution in [0.15, 0.2) is 12.4 Å². The Hall–Kier alpha value is -1.36. The molecular weight excluding hydrogens is 238 g/mol. The van der Waals surface area contributed by atoms with Crippen LogP contribution in [0.25, 0.3) is 0 Å². The van der Waals surface area contributed by atoms with Gasteiger partial charge in [0.05, 0.1) is 0 Å². The molecule has 0 saturated heterocycles. The Morgan fingerprint density at radius 3 is 2.84 bits per heavy atom. The summed E-state index contributed by atoms with van der Waals surface area (Å²) in [5.41, 5.74) is 5.48. The van der Waals surface area contributed by atoms with Crippen molar-refractivity contribution in [3.05, 3.63) is 12.4 Å². The fourth-order valence-corrected chi connectivity index (χ4v) is 2.70. The average Bonchev–Trinajstić information content (AvgIpc) is 2.46. The Bertz CT molecular complexity index is 376. The van der Waals surface area contributed by atoms with Crippen molar-refractivity contribution in [3.8, 4) is 0 Å². The molecule has 1 heterocycles. The van der Waals surface area contributed by atoms with Crippen molar-refractivity contribution in [1.82, 2.24) is 9.97 Å². The molecule has 0 amide bonds. The summed E-state index contributed by atoms with van der Waals surface area (Å²) in [6.07, 6.45) is 8.49. The SMILES string of the molecule is CN(CC1CCCCC1)c1cc(NCCN)ncn1. The molecule has 3 N–H and O–H groups in total. The Morgan fingerprint density at radius 1 is 1.32 bits per heavy atom. The third-order valence-corrected chi connectivity index (χ3v) is 3.75. The van der Waals surface area contributed by atoms with Gasteiger partial charge in [0.15, 0.2) is 0 Å². The standard InChI is InChI=1S/C14H25N5/c1-19(10-12-5-3-2-4-6-12)14-9-13(16-8-7-15)17-11-18-14/h9,11-12H,2-8,10,15H2,1H3,(H,16,17,18). The molecule has 19 heavy (non-hydrogen) atoms. The van der Waals surface area contributed by atoms with Gasteiger partial charge in [-0.2, -0.15) is 0 Å². The number of aromatic nitrogens is 2. The zero-order chi connectivity index (χ0) is 13.5. The van der Waals surface area contributed by atoms with Gasteiger partial charge in [-0.3, -0.25) is 0 Å². The fraction of sp³-hybridized carbons (Fsp3) is 0.714.